The van der Waals surface area contributed by atoms with Crippen molar-refractivity contribution < 1.29 is 48.0 Å². The number of benzene rings is 2. The molecule has 0 spiro atoms. The SMILES string of the molecule is O.O=S(=O)([O-])c1ccc2ccccc2c1.[Na+]. The fourth-order valence-corrected chi connectivity index (χ4v) is 1.83. The molecule has 80 valence electrons. The van der Waals surface area contributed by atoms with Gasteiger partial charge in [0.2, 0.25) is 0 Å². The summed E-state index contributed by atoms with van der Waals surface area (Å²) in [7, 11) is -4.34. The summed E-state index contributed by atoms with van der Waals surface area (Å²) in [5.74, 6) is 0. The van der Waals surface area contributed by atoms with E-state index in [2.05, 4.69) is 0 Å². The first kappa shape index (κ1) is 15.6. The van der Waals surface area contributed by atoms with Gasteiger partial charge in [-0.1, -0.05) is 30.3 Å². The molecule has 0 bridgehead atoms. The molecule has 2 aromatic rings. The minimum absolute atomic E-state index is 0. The molecule has 0 fully saturated rings. The molecular formula is C10H9NaO4S. The molecule has 0 heterocycles. The van der Waals surface area contributed by atoms with E-state index in [-0.39, 0.29) is 39.9 Å². The van der Waals surface area contributed by atoms with Crippen LogP contribution >= 0.6 is 0 Å². The van der Waals surface area contributed by atoms with Crippen LogP contribution < -0.4 is 29.6 Å². The Hall–Kier alpha value is -0.430. The molecule has 4 nitrogen and oxygen atoms in total. The monoisotopic (exact) mass is 248 g/mol. The second-order valence-corrected chi connectivity index (χ2v) is 4.34. The van der Waals surface area contributed by atoms with Gasteiger partial charge in [-0.15, -0.1) is 0 Å². The zero-order valence-electron chi connectivity index (χ0n) is 8.67. The van der Waals surface area contributed by atoms with Gasteiger partial charge in [-0.2, -0.15) is 0 Å². The van der Waals surface area contributed by atoms with Crippen LogP contribution in [0, 0.1) is 0 Å². The van der Waals surface area contributed by atoms with Crippen LogP contribution in [0.2, 0.25) is 0 Å². The first-order chi connectivity index (χ1) is 6.57. The molecule has 0 aliphatic rings. The quantitative estimate of drug-likeness (QED) is 0.428. The molecule has 0 radical (unpaired) electrons. The van der Waals surface area contributed by atoms with Crippen LogP contribution in [-0.4, -0.2) is 18.4 Å². The Morgan fingerprint density at radius 1 is 0.938 bits per heavy atom. The third-order valence-corrected chi connectivity index (χ3v) is 2.84. The van der Waals surface area contributed by atoms with Crippen LogP contribution in [0.4, 0.5) is 0 Å². The molecule has 0 aliphatic heterocycles. The maximum atomic E-state index is 10.7. The maximum absolute atomic E-state index is 10.7. The van der Waals surface area contributed by atoms with Crippen molar-refractivity contribution in [1.82, 2.24) is 0 Å². The van der Waals surface area contributed by atoms with Crippen LogP contribution in [0.25, 0.3) is 10.8 Å². The van der Waals surface area contributed by atoms with Crippen LogP contribution in [0.3, 0.4) is 0 Å². The fraction of sp³-hybridized carbons (Fsp3) is 0. The van der Waals surface area contributed by atoms with E-state index in [0.717, 1.165) is 10.8 Å². The van der Waals surface area contributed by atoms with Crippen molar-refractivity contribution in [3.63, 3.8) is 0 Å². The first-order valence-corrected chi connectivity index (χ1v) is 5.43. The van der Waals surface area contributed by atoms with Crippen molar-refractivity contribution in [2.24, 2.45) is 0 Å². The summed E-state index contributed by atoms with van der Waals surface area (Å²) in [6.07, 6.45) is 0. The molecule has 2 aromatic carbocycles. The van der Waals surface area contributed by atoms with Gasteiger partial charge in [0.25, 0.3) is 0 Å². The standard InChI is InChI=1S/C10H8O3S.Na.H2O/c11-14(12,13)10-6-5-8-3-1-2-4-9(8)7-10;;/h1-7H,(H,11,12,13);;1H2/q;+1;/p-1. The van der Waals surface area contributed by atoms with Gasteiger partial charge < -0.3 is 10.0 Å². The van der Waals surface area contributed by atoms with Crippen LogP contribution in [0.15, 0.2) is 47.4 Å². The summed E-state index contributed by atoms with van der Waals surface area (Å²) in [4.78, 5) is -0.184. The van der Waals surface area contributed by atoms with Crippen molar-refractivity contribution in [3.8, 4) is 0 Å². The van der Waals surface area contributed by atoms with E-state index >= 15 is 0 Å². The topological polar surface area (TPSA) is 88.7 Å². The van der Waals surface area contributed by atoms with Crippen molar-refractivity contribution in [2.75, 3.05) is 0 Å². The summed E-state index contributed by atoms with van der Waals surface area (Å²) in [6, 6.07) is 11.6. The van der Waals surface area contributed by atoms with Crippen molar-refractivity contribution >= 4 is 20.9 Å². The Labute approximate surface area is 116 Å². The zero-order chi connectivity index (χ0) is 10.2. The minimum Gasteiger partial charge on any atom is -0.744 e. The Kier molecular flexibility index (Phi) is 5.61. The van der Waals surface area contributed by atoms with Gasteiger partial charge in [0, 0.05) is 0 Å². The Morgan fingerprint density at radius 2 is 1.50 bits per heavy atom. The Balaban J connectivity index is 0.00000112. The zero-order valence-corrected chi connectivity index (χ0v) is 11.5. The van der Waals surface area contributed by atoms with E-state index in [1.165, 1.54) is 12.1 Å². The molecule has 16 heavy (non-hydrogen) atoms. The van der Waals surface area contributed by atoms with Crippen LogP contribution in [0.5, 0.6) is 0 Å². The third kappa shape index (κ3) is 3.28. The molecule has 0 atom stereocenters. The van der Waals surface area contributed by atoms with E-state index in [9.17, 15) is 13.0 Å². The van der Waals surface area contributed by atoms with E-state index in [0.29, 0.717) is 0 Å². The number of hydrogen-bond acceptors (Lipinski definition) is 3. The van der Waals surface area contributed by atoms with E-state index in [1.54, 1.807) is 18.2 Å². The molecule has 0 aromatic heterocycles. The third-order valence-electron chi connectivity index (χ3n) is 2.01. The second-order valence-electron chi connectivity index (χ2n) is 2.96. The number of rotatable bonds is 1. The minimum atomic E-state index is -4.34. The van der Waals surface area contributed by atoms with Crippen molar-refractivity contribution in [3.05, 3.63) is 42.5 Å². The summed E-state index contributed by atoms with van der Waals surface area (Å²) < 4.78 is 32.2. The average Bonchev–Trinajstić information content (AvgIpc) is 2.16. The molecular weight excluding hydrogens is 239 g/mol. The molecule has 0 aliphatic carbocycles. The largest absolute Gasteiger partial charge is 1.00 e. The molecule has 2 N–H and O–H groups in total. The Bertz CT molecular complexity index is 580. The first-order valence-electron chi connectivity index (χ1n) is 4.02. The average molecular weight is 248 g/mol. The van der Waals surface area contributed by atoms with Gasteiger partial charge in [-0.05, 0) is 22.9 Å². The van der Waals surface area contributed by atoms with Gasteiger partial charge in [0.05, 0.1) is 4.90 Å². The summed E-state index contributed by atoms with van der Waals surface area (Å²) >= 11 is 0. The van der Waals surface area contributed by atoms with Gasteiger partial charge in [-0.25, -0.2) is 8.42 Å². The fourth-order valence-electron chi connectivity index (χ4n) is 1.32. The normalized spacial score (nSPS) is 10.3. The number of fused-ring (bicyclic) bond motifs is 1. The molecule has 0 saturated carbocycles. The van der Waals surface area contributed by atoms with E-state index in [1.807, 2.05) is 12.1 Å². The second kappa shape index (κ2) is 5.77. The van der Waals surface area contributed by atoms with Gasteiger partial charge in [0.1, 0.15) is 10.1 Å². The smallest absolute Gasteiger partial charge is 0.744 e. The van der Waals surface area contributed by atoms with Gasteiger partial charge >= 0.3 is 29.6 Å². The maximum Gasteiger partial charge on any atom is 1.00 e. The molecule has 0 unspecified atom stereocenters. The molecule has 0 amide bonds. The van der Waals surface area contributed by atoms with Gasteiger partial charge in [-0.3, -0.25) is 0 Å². The molecule has 0 saturated heterocycles. The van der Waals surface area contributed by atoms with Crippen LogP contribution in [0.1, 0.15) is 0 Å². The van der Waals surface area contributed by atoms with E-state index < -0.39 is 10.1 Å². The molecule has 2 rings (SSSR count). The number of hydrogen-bond donors (Lipinski definition) is 0. The summed E-state index contributed by atoms with van der Waals surface area (Å²) in [5, 5.41) is 1.67. The summed E-state index contributed by atoms with van der Waals surface area (Å²) in [5.41, 5.74) is 0. The molecule has 6 heteroatoms. The Morgan fingerprint density at radius 3 is 2.06 bits per heavy atom. The van der Waals surface area contributed by atoms with Crippen LogP contribution in [-0.2, 0) is 10.1 Å². The predicted molar refractivity (Wildman–Crippen MR) is 55.5 cm³/mol. The van der Waals surface area contributed by atoms with Gasteiger partial charge in [0.15, 0.2) is 0 Å². The van der Waals surface area contributed by atoms with Crippen molar-refractivity contribution in [1.29, 1.82) is 0 Å². The van der Waals surface area contributed by atoms with E-state index in [4.69, 9.17) is 0 Å². The predicted octanol–water partition coefficient (Wildman–Crippen LogP) is -2.08. The van der Waals surface area contributed by atoms with Crippen molar-refractivity contribution in [2.45, 2.75) is 4.90 Å². The summed E-state index contributed by atoms with van der Waals surface area (Å²) in [6.45, 7) is 0.